The Morgan fingerprint density at radius 1 is 1.24 bits per heavy atom. The first-order chi connectivity index (χ1) is 10.3. The lowest BCUT2D eigenvalue weighted by Crippen LogP contribution is -2.42. The molecule has 0 fully saturated rings. The van der Waals surface area contributed by atoms with Crippen LogP contribution in [0.5, 0.6) is 0 Å². The van der Waals surface area contributed by atoms with Crippen LogP contribution in [0.3, 0.4) is 0 Å². The number of anilines is 1. The van der Waals surface area contributed by atoms with Gasteiger partial charge in [-0.1, -0.05) is 18.2 Å². The molecule has 1 aliphatic heterocycles. The number of carbonyl (C=O) groups excluding carboxylic acids is 1. The molecule has 1 aromatic rings. The number of nitriles is 2. The van der Waals surface area contributed by atoms with Gasteiger partial charge >= 0.3 is 0 Å². The van der Waals surface area contributed by atoms with Gasteiger partial charge < -0.3 is 10.2 Å². The molecule has 1 unspecified atom stereocenters. The number of nitrogens with zero attached hydrogens (tertiary/aromatic N) is 3. The summed E-state index contributed by atoms with van der Waals surface area (Å²) < 4.78 is 0. The summed E-state index contributed by atoms with van der Waals surface area (Å²) in [6.07, 6.45) is 1.30. The molecule has 0 radical (unpaired) electrons. The van der Waals surface area contributed by atoms with E-state index in [9.17, 15) is 4.79 Å². The molecule has 108 valence electrons. The van der Waals surface area contributed by atoms with Crippen molar-refractivity contribution in [3.8, 4) is 12.1 Å². The van der Waals surface area contributed by atoms with Gasteiger partial charge in [0.1, 0.15) is 0 Å². The average Bonchev–Trinajstić information content (AvgIpc) is 2.54. The number of hydrogen-bond acceptors (Lipinski definition) is 4. The molecule has 2 rings (SSSR count). The zero-order valence-electron chi connectivity index (χ0n) is 11.9. The molecule has 0 saturated carbocycles. The molecule has 1 amide bonds. The first kappa shape index (κ1) is 14.9. The highest BCUT2D eigenvalue weighted by atomic mass is 16.2. The van der Waals surface area contributed by atoms with Gasteiger partial charge in [-0.25, -0.2) is 0 Å². The molecule has 1 N–H and O–H groups in total. The van der Waals surface area contributed by atoms with E-state index < -0.39 is 0 Å². The summed E-state index contributed by atoms with van der Waals surface area (Å²) in [6.45, 7) is 1.40. The van der Waals surface area contributed by atoms with Gasteiger partial charge in [0.05, 0.1) is 30.9 Å². The second-order valence-electron chi connectivity index (χ2n) is 5.08. The van der Waals surface area contributed by atoms with Crippen LogP contribution in [-0.4, -0.2) is 30.4 Å². The highest BCUT2D eigenvalue weighted by Gasteiger charge is 2.27. The Hall–Kier alpha value is -2.53. The topological polar surface area (TPSA) is 79.9 Å². The van der Waals surface area contributed by atoms with E-state index in [0.29, 0.717) is 38.9 Å². The van der Waals surface area contributed by atoms with Gasteiger partial charge in [0.25, 0.3) is 0 Å². The third kappa shape index (κ3) is 3.73. The largest absolute Gasteiger partial charge is 0.384 e. The summed E-state index contributed by atoms with van der Waals surface area (Å²) in [6, 6.07) is 12.1. The Morgan fingerprint density at radius 2 is 1.90 bits per heavy atom. The van der Waals surface area contributed by atoms with Crippen LogP contribution >= 0.6 is 0 Å². The standard InChI is InChI=1S/C16H18N4O/c17-7-3-9-20(10-4-8-18)16(21)14-11-13-5-1-2-6-15(13)19-12-14/h1-2,5-6,14,19H,3-4,9-12H2. The first-order valence-corrected chi connectivity index (χ1v) is 7.10. The zero-order chi connectivity index (χ0) is 15.1. The third-order valence-electron chi connectivity index (χ3n) is 3.67. The Kier molecular flexibility index (Phi) is 5.17. The fourth-order valence-electron chi connectivity index (χ4n) is 2.58. The molecular weight excluding hydrogens is 264 g/mol. The second kappa shape index (κ2) is 7.31. The maximum atomic E-state index is 12.6. The van der Waals surface area contributed by atoms with Crippen LogP contribution in [0.2, 0.25) is 0 Å². The molecule has 1 aliphatic rings. The smallest absolute Gasteiger partial charge is 0.227 e. The first-order valence-electron chi connectivity index (χ1n) is 7.10. The quantitative estimate of drug-likeness (QED) is 0.894. The summed E-state index contributed by atoms with van der Waals surface area (Å²) in [5.74, 6) is -0.0974. The van der Waals surface area contributed by atoms with E-state index in [1.54, 1.807) is 4.90 Å². The summed E-state index contributed by atoms with van der Waals surface area (Å²) in [7, 11) is 0. The molecule has 0 bridgehead atoms. The molecule has 21 heavy (non-hydrogen) atoms. The van der Waals surface area contributed by atoms with Crippen LogP contribution in [0.4, 0.5) is 5.69 Å². The van der Waals surface area contributed by atoms with Gasteiger partial charge in [-0.05, 0) is 18.1 Å². The van der Waals surface area contributed by atoms with Crippen molar-refractivity contribution in [2.75, 3.05) is 25.0 Å². The summed E-state index contributed by atoms with van der Waals surface area (Å²) in [5, 5.41) is 20.7. The van der Waals surface area contributed by atoms with Crippen molar-refractivity contribution in [2.24, 2.45) is 5.92 Å². The zero-order valence-corrected chi connectivity index (χ0v) is 11.9. The number of amides is 1. The molecule has 0 spiro atoms. The lowest BCUT2D eigenvalue weighted by Gasteiger charge is -2.30. The van der Waals surface area contributed by atoms with Crippen LogP contribution in [0.25, 0.3) is 0 Å². The van der Waals surface area contributed by atoms with Gasteiger partial charge in [-0.15, -0.1) is 0 Å². The van der Waals surface area contributed by atoms with Crippen molar-refractivity contribution in [1.82, 2.24) is 4.90 Å². The number of fused-ring (bicyclic) bond motifs is 1. The molecule has 1 atom stereocenters. The number of hydrogen-bond donors (Lipinski definition) is 1. The normalized spacial score (nSPS) is 16.0. The Labute approximate surface area is 124 Å². The number of rotatable bonds is 5. The monoisotopic (exact) mass is 282 g/mol. The van der Waals surface area contributed by atoms with E-state index >= 15 is 0 Å². The number of para-hydroxylation sites is 1. The van der Waals surface area contributed by atoms with Crippen molar-refractivity contribution < 1.29 is 4.79 Å². The Balaban J connectivity index is 2.04. The lowest BCUT2D eigenvalue weighted by molar-refractivity contribution is -0.135. The summed E-state index contributed by atoms with van der Waals surface area (Å²) >= 11 is 0. The van der Waals surface area contributed by atoms with E-state index in [4.69, 9.17) is 10.5 Å². The molecule has 1 aromatic carbocycles. The van der Waals surface area contributed by atoms with Crippen molar-refractivity contribution in [3.05, 3.63) is 29.8 Å². The van der Waals surface area contributed by atoms with Gasteiger partial charge in [0, 0.05) is 25.3 Å². The number of benzene rings is 1. The lowest BCUT2D eigenvalue weighted by atomic mass is 9.92. The van der Waals surface area contributed by atoms with Gasteiger partial charge in [0.15, 0.2) is 0 Å². The Bertz CT molecular complexity index is 567. The molecule has 0 aliphatic carbocycles. The molecule has 0 saturated heterocycles. The average molecular weight is 282 g/mol. The van der Waals surface area contributed by atoms with E-state index in [-0.39, 0.29) is 11.8 Å². The predicted molar refractivity (Wildman–Crippen MR) is 79.2 cm³/mol. The number of nitrogens with one attached hydrogen (secondary N) is 1. The molecule has 0 aromatic heterocycles. The van der Waals surface area contributed by atoms with Crippen LogP contribution in [0, 0.1) is 28.6 Å². The van der Waals surface area contributed by atoms with Crippen molar-refractivity contribution in [2.45, 2.75) is 19.3 Å². The molecular formula is C16H18N4O. The summed E-state index contributed by atoms with van der Waals surface area (Å²) in [4.78, 5) is 14.2. The van der Waals surface area contributed by atoms with Crippen molar-refractivity contribution >= 4 is 11.6 Å². The van der Waals surface area contributed by atoms with E-state index in [0.717, 1.165) is 11.3 Å². The van der Waals surface area contributed by atoms with Crippen LogP contribution in [-0.2, 0) is 11.2 Å². The highest BCUT2D eigenvalue weighted by Crippen LogP contribution is 2.25. The number of carbonyl (C=O) groups is 1. The summed E-state index contributed by atoms with van der Waals surface area (Å²) in [5.41, 5.74) is 2.23. The second-order valence-corrected chi connectivity index (χ2v) is 5.08. The minimum Gasteiger partial charge on any atom is -0.384 e. The fraction of sp³-hybridized carbons (Fsp3) is 0.438. The minimum atomic E-state index is -0.128. The maximum Gasteiger partial charge on any atom is 0.227 e. The molecule has 5 heteroatoms. The van der Waals surface area contributed by atoms with E-state index in [2.05, 4.69) is 17.5 Å². The van der Waals surface area contributed by atoms with E-state index in [1.807, 2.05) is 24.3 Å². The van der Waals surface area contributed by atoms with Crippen LogP contribution in [0.1, 0.15) is 18.4 Å². The Morgan fingerprint density at radius 3 is 2.57 bits per heavy atom. The van der Waals surface area contributed by atoms with E-state index in [1.165, 1.54) is 0 Å². The highest BCUT2D eigenvalue weighted by molar-refractivity contribution is 5.81. The van der Waals surface area contributed by atoms with Crippen LogP contribution in [0.15, 0.2) is 24.3 Å². The predicted octanol–water partition coefficient (Wildman–Crippen LogP) is 1.93. The van der Waals surface area contributed by atoms with Gasteiger partial charge in [-0.3, -0.25) is 4.79 Å². The minimum absolute atomic E-state index is 0.0301. The van der Waals surface area contributed by atoms with Gasteiger partial charge in [0.2, 0.25) is 5.91 Å². The molecule has 5 nitrogen and oxygen atoms in total. The van der Waals surface area contributed by atoms with Gasteiger partial charge in [-0.2, -0.15) is 10.5 Å². The van der Waals surface area contributed by atoms with Crippen molar-refractivity contribution in [1.29, 1.82) is 10.5 Å². The maximum absolute atomic E-state index is 12.6. The SMILES string of the molecule is N#CCCN(CCC#N)C(=O)C1CNc2ccccc2C1. The fourth-order valence-corrected chi connectivity index (χ4v) is 2.58. The third-order valence-corrected chi connectivity index (χ3v) is 3.67. The van der Waals surface area contributed by atoms with Crippen LogP contribution < -0.4 is 5.32 Å². The molecule has 1 heterocycles. The van der Waals surface area contributed by atoms with Crippen molar-refractivity contribution in [3.63, 3.8) is 0 Å².